The van der Waals surface area contributed by atoms with E-state index in [9.17, 15) is 14.4 Å². The Balaban J connectivity index is 1.65. The molecule has 0 radical (unpaired) electrons. The molecule has 2 atom stereocenters. The van der Waals surface area contributed by atoms with Crippen LogP contribution in [0.3, 0.4) is 0 Å². The van der Waals surface area contributed by atoms with Crippen molar-refractivity contribution >= 4 is 17.7 Å². The van der Waals surface area contributed by atoms with E-state index in [1.54, 1.807) is 30.3 Å². The summed E-state index contributed by atoms with van der Waals surface area (Å²) in [5, 5.41) is 5.13. The van der Waals surface area contributed by atoms with Crippen LogP contribution in [-0.2, 0) is 25.8 Å². The molecule has 1 aliphatic heterocycles. The summed E-state index contributed by atoms with van der Waals surface area (Å²) in [4.78, 5) is 41.7. The lowest BCUT2D eigenvalue weighted by Gasteiger charge is -2.28. The lowest BCUT2D eigenvalue weighted by atomic mass is 9.96. The van der Waals surface area contributed by atoms with Crippen LogP contribution in [0.25, 0.3) is 0 Å². The molecule has 0 bridgehead atoms. The quantitative estimate of drug-likeness (QED) is 0.386. The molecule has 1 fully saturated rings. The lowest BCUT2D eigenvalue weighted by Crippen LogP contribution is -2.62. The highest BCUT2D eigenvalue weighted by Gasteiger charge is 2.35. The van der Waals surface area contributed by atoms with Gasteiger partial charge in [-0.3, -0.25) is 19.2 Å². The lowest BCUT2D eigenvalue weighted by molar-refractivity contribution is -0.143. The second kappa shape index (κ2) is 8.26. The summed E-state index contributed by atoms with van der Waals surface area (Å²) in [6.45, 7) is 0.541. The number of β-lactam (4-membered cyclic amide) rings is 1. The second-order valence-corrected chi connectivity index (χ2v) is 5.89. The van der Waals surface area contributed by atoms with Crippen molar-refractivity contribution in [1.29, 1.82) is 0 Å². The number of carbonyl (C=O) groups is 3. The smallest absolute Gasteiger partial charge is 0.260 e. The van der Waals surface area contributed by atoms with Crippen molar-refractivity contribution in [1.82, 2.24) is 16.1 Å². The monoisotopic (exact) mass is 353 g/mol. The fourth-order valence-corrected chi connectivity index (χ4v) is 2.55. The third-order valence-corrected chi connectivity index (χ3v) is 4.03. The summed E-state index contributed by atoms with van der Waals surface area (Å²) < 4.78 is 0. The van der Waals surface area contributed by atoms with Crippen LogP contribution < -0.4 is 16.1 Å². The van der Waals surface area contributed by atoms with Crippen LogP contribution in [0, 0.1) is 0 Å². The minimum absolute atomic E-state index is 0.181. The summed E-state index contributed by atoms with van der Waals surface area (Å²) in [6, 6.07) is 17.4. The molecular formula is C19H19N3O4. The summed E-state index contributed by atoms with van der Waals surface area (Å²) in [5.41, 5.74) is 3.74. The van der Waals surface area contributed by atoms with Gasteiger partial charge in [-0.1, -0.05) is 60.7 Å². The van der Waals surface area contributed by atoms with Crippen LogP contribution in [0.2, 0.25) is 0 Å². The number of amides is 3. The van der Waals surface area contributed by atoms with E-state index in [4.69, 9.17) is 4.84 Å². The van der Waals surface area contributed by atoms with Crippen molar-refractivity contribution in [2.24, 2.45) is 0 Å². The summed E-state index contributed by atoms with van der Waals surface area (Å²) in [7, 11) is 0. The van der Waals surface area contributed by atoms with E-state index < -0.39 is 23.8 Å². The normalized spacial score (nSPS) is 16.8. The van der Waals surface area contributed by atoms with Gasteiger partial charge in [0.2, 0.25) is 11.8 Å². The Labute approximate surface area is 150 Å². The standard InChI is InChI=1S/C19H19N3O4/c23-17-15(11-20-17)21-18(24)16(14-9-5-2-6-10-14)19(25)22-26-12-13-7-3-1-4-8-13/h1-10,15-16H,11-12H2,(H,20,23)(H,21,24)(H,22,25). The van der Waals surface area contributed by atoms with E-state index in [-0.39, 0.29) is 12.5 Å². The molecule has 2 aromatic carbocycles. The Morgan fingerprint density at radius 2 is 1.69 bits per heavy atom. The average molecular weight is 353 g/mol. The SMILES string of the molecule is O=C1NCC1NC(=O)C(C(=O)NOCc1ccccc1)c1ccccc1. The highest BCUT2D eigenvalue weighted by Crippen LogP contribution is 2.17. The Morgan fingerprint density at radius 3 is 2.27 bits per heavy atom. The number of hydroxylamine groups is 1. The van der Waals surface area contributed by atoms with Gasteiger partial charge in [0.15, 0.2) is 0 Å². The molecule has 3 rings (SSSR count). The van der Waals surface area contributed by atoms with E-state index in [0.29, 0.717) is 12.1 Å². The van der Waals surface area contributed by atoms with E-state index >= 15 is 0 Å². The molecule has 7 nitrogen and oxygen atoms in total. The molecule has 0 saturated carbocycles. The fourth-order valence-electron chi connectivity index (χ4n) is 2.55. The number of nitrogens with one attached hydrogen (secondary N) is 3. The highest BCUT2D eigenvalue weighted by atomic mass is 16.6. The first-order valence-electron chi connectivity index (χ1n) is 8.24. The predicted molar refractivity (Wildman–Crippen MR) is 93.5 cm³/mol. The molecule has 3 amide bonds. The maximum atomic E-state index is 12.6. The van der Waals surface area contributed by atoms with Crippen molar-refractivity contribution in [2.75, 3.05) is 6.54 Å². The molecule has 1 heterocycles. The van der Waals surface area contributed by atoms with Gasteiger partial charge in [0.1, 0.15) is 12.0 Å². The number of rotatable bonds is 7. The molecule has 7 heteroatoms. The molecule has 3 N–H and O–H groups in total. The summed E-state index contributed by atoms with van der Waals surface area (Å²) >= 11 is 0. The minimum Gasteiger partial charge on any atom is -0.352 e. The van der Waals surface area contributed by atoms with Gasteiger partial charge in [-0.15, -0.1) is 0 Å². The van der Waals surface area contributed by atoms with E-state index in [2.05, 4.69) is 16.1 Å². The van der Waals surface area contributed by atoms with E-state index in [1.165, 1.54) is 0 Å². The zero-order chi connectivity index (χ0) is 18.4. The molecule has 2 unspecified atom stereocenters. The zero-order valence-corrected chi connectivity index (χ0v) is 14.0. The molecule has 0 spiro atoms. The third kappa shape index (κ3) is 4.25. The topological polar surface area (TPSA) is 96.5 Å². The van der Waals surface area contributed by atoms with Gasteiger partial charge in [0, 0.05) is 6.54 Å². The molecule has 26 heavy (non-hydrogen) atoms. The van der Waals surface area contributed by atoms with Gasteiger partial charge < -0.3 is 10.6 Å². The zero-order valence-electron chi connectivity index (χ0n) is 14.0. The van der Waals surface area contributed by atoms with Gasteiger partial charge in [-0.25, -0.2) is 5.48 Å². The average Bonchev–Trinajstić information content (AvgIpc) is 2.67. The summed E-state index contributed by atoms with van der Waals surface area (Å²) in [6.07, 6.45) is 0. The maximum Gasteiger partial charge on any atom is 0.260 e. The molecule has 134 valence electrons. The number of benzene rings is 2. The van der Waals surface area contributed by atoms with Crippen molar-refractivity contribution in [3.63, 3.8) is 0 Å². The first kappa shape index (κ1) is 17.6. The fraction of sp³-hybridized carbons (Fsp3) is 0.211. The van der Waals surface area contributed by atoms with Gasteiger partial charge >= 0.3 is 0 Å². The molecule has 1 aliphatic rings. The van der Waals surface area contributed by atoms with Crippen molar-refractivity contribution in [3.8, 4) is 0 Å². The van der Waals surface area contributed by atoms with Gasteiger partial charge in [-0.05, 0) is 11.1 Å². The van der Waals surface area contributed by atoms with Gasteiger partial charge in [-0.2, -0.15) is 0 Å². The molecule has 1 saturated heterocycles. The van der Waals surface area contributed by atoms with Crippen molar-refractivity contribution in [2.45, 2.75) is 18.6 Å². The first-order valence-corrected chi connectivity index (χ1v) is 8.24. The first-order chi connectivity index (χ1) is 12.6. The molecule has 0 aromatic heterocycles. The van der Waals surface area contributed by atoms with Crippen molar-refractivity contribution < 1.29 is 19.2 Å². The molecule has 2 aromatic rings. The molecule has 0 aliphatic carbocycles. The number of hydrogen-bond donors (Lipinski definition) is 3. The Hall–Kier alpha value is -3.19. The third-order valence-electron chi connectivity index (χ3n) is 4.03. The van der Waals surface area contributed by atoms with Crippen LogP contribution in [0.1, 0.15) is 17.0 Å². The van der Waals surface area contributed by atoms with Crippen LogP contribution in [0.5, 0.6) is 0 Å². The van der Waals surface area contributed by atoms with Crippen LogP contribution >= 0.6 is 0 Å². The van der Waals surface area contributed by atoms with E-state index in [1.807, 2.05) is 30.3 Å². The Bertz CT molecular complexity index is 780. The highest BCUT2D eigenvalue weighted by molar-refractivity contribution is 6.07. The van der Waals surface area contributed by atoms with Gasteiger partial charge in [0.25, 0.3) is 5.91 Å². The molecular weight excluding hydrogens is 334 g/mol. The Kier molecular flexibility index (Phi) is 5.60. The van der Waals surface area contributed by atoms with Crippen molar-refractivity contribution in [3.05, 3.63) is 71.8 Å². The second-order valence-electron chi connectivity index (χ2n) is 5.89. The van der Waals surface area contributed by atoms with Gasteiger partial charge in [0.05, 0.1) is 6.61 Å². The minimum atomic E-state index is -1.11. The van der Waals surface area contributed by atoms with Crippen LogP contribution in [0.15, 0.2) is 60.7 Å². The number of hydrogen-bond acceptors (Lipinski definition) is 4. The predicted octanol–water partition coefficient (Wildman–Crippen LogP) is 0.633. The maximum absolute atomic E-state index is 12.6. The largest absolute Gasteiger partial charge is 0.352 e. The van der Waals surface area contributed by atoms with Crippen LogP contribution in [0.4, 0.5) is 0 Å². The Morgan fingerprint density at radius 1 is 1.04 bits per heavy atom. The van der Waals surface area contributed by atoms with E-state index in [0.717, 1.165) is 5.56 Å². The summed E-state index contributed by atoms with van der Waals surface area (Å²) in [5.74, 6) is -2.51. The van der Waals surface area contributed by atoms with Crippen LogP contribution in [-0.4, -0.2) is 30.3 Å². The number of carbonyl (C=O) groups excluding carboxylic acids is 3.